The summed E-state index contributed by atoms with van der Waals surface area (Å²) in [4.78, 5) is 55.0. The van der Waals surface area contributed by atoms with Gasteiger partial charge in [-0.25, -0.2) is 14.3 Å². The topological polar surface area (TPSA) is 143 Å². The lowest BCUT2D eigenvalue weighted by molar-refractivity contribution is -0.116. The Morgan fingerprint density at radius 1 is 1.03 bits per heavy atom. The van der Waals surface area contributed by atoms with Crippen LogP contribution in [-0.2, 0) is 29.2 Å². The van der Waals surface area contributed by atoms with Gasteiger partial charge < -0.3 is 20.4 Å². The van der Waals surface area contributed by atoms with E-state index >= 15 is 0 Å². The van der Waals surface area contributed by atoms with Crippen molar-refractivity contribution in [3.63, 3.8) is 0 Å². The minimum absolute atomic E-state index is 0.175. The number of nitrogens with zero attached hydrogens (tertiary/aromatic N) is 4. The first kappa shape index (κ1) is 23.6. The van der Waals surface area contributed by atoms with Gasteiger partial charge >= 0.3 is 5.69 Å². The number of hydrogen-bond acceptors (Lipinski definition) is 6. The number of nitrogens with one attached hydrogen (secondary N) is 1. The highest BCUT2D eigenvalue weighted by molar-refractivity contribution is 5.94. The third kappa shape index (κ3) is 5.04. The molecule has 2 heterocycles. The molecule has 0 atom stereocenters. The smallest absolute Gasteiger partial charge is 0.333 e. The van der Waals surface area contributed by atoms with E-state index in [2.05, 4.69) is 10.3 Å². The molecule has 0 saturated heterocycles. The van der Waals surface area contributed by atoms with Gasteiger partial charge in [-0.2, -0.15) is 0 Å². The molecule has 35 heavy (non-hydrogen) atoms. The van der Waals surface area contributed by atoms with Crippen molar-refractivity contribution in [2.45, 2.75) is 19.6 Å². The van der Waals surface area contributed by atoms with Crippen LogP contribution in [-0.4, -0.2) is 44.2 Å². The fraction of sp³-hybridized carbons (Fsp3) is 0.208. The van der Waals surface area contributed by atoms with E-state index in [1.54, 1.807) is 11.7 Å². The van der Waals surface area contributed by atoms with E-state index in [4.69, 9.17) is 10.5 Å². The SMILES string of the molecule is COCCn1cnc2c1c(=O)n(CC(=O)Nc1ccc(C(N)=O)cc1)c(=O)n2Cc1ccccc1. The lowest BCUT2D eigenvalue weighted by Crippen LogP contribution is -2.43. The van der Waals surface area contributed by atoms with Gasteiger partial charge in [0.05, 0.1) is 19.5 Å². The number of fused-ring (bicyclic) bond motifs is 1. The Bertz CT molecular complexity index is 1490. The standard InChI is InChI=1S/C24H24N6O5/c1-35-12-11-28-15-26-22-20(28)23(33)30(24(34)29(22)13-16-5-3-2-4-6-16)14-19(31)27-18-9-7-17(8-10-18)21(25)32/h2-10,15H,11-14H2,1H3,(H2,25,32)(H,27,31). The predicted octanol–water partition coefficient (Wildman–Crippen LogP) is 0.792. The third-order valence-electron chi connectivity index (χ3n) is 5.46. The van der Waals surface area contributed by atoms with Crippen LogP contribution >= 0.6 is 0 Å². The first-order valence-electron chi connectivity index (χ1n) is 10.8. The second-order valence-electron chi connectivity index (χ2n) is 7.84. The molecule has 0 saturated carbocycles. The molecule has 2 amide bonds. The summed E-state index contributed by atoms with van der Waals surface area (Å²) in [5, 5.41) is 2.63. The van der Waals surface area contributed by atoms with Gasteiger partial charge in [-0.05, 0) is 29.8 Å². The number of carbonyl (C=O) groups excluding carboxylic acids is 2. The zero-order chi connectivity index (χ0) is 24.9. The van der Waals surface area contributed by atoms with Crippen LogP contribution in [0.5, 0.6) is 0 Å². The van der Waals surface area contributed by atoms with E-state index < -0.39 is 29.6 Å². The number of anilines is 1. The van der Waals surface area contributed by atoms with E-state index in [9.17, 15) is 19.2 Å². The summed E-state index contributed by atoms with van der Waals surface area (Å²) in [6.07, 6.45) is 1.48. The highest BCUT2D eigenvalue weighted by Crippen LogP contribution is 2.11. The van der Waals surface area contributed by atoms with E-state index in [-0.39, 0.29) is 23.3 Å². The molecule has 2 aromatic carbocycles. The Hall–Kier alpha value is -4.51. The normalized spacial score (nSPS) is 11.0. The fourth-order valence-electron chi connectivity index (χ4n) is 3.71. The Morgan fingerprint density at radius 3 is 2.40 bits per heavy atom. The maximum atomic E-state index is 13.4. The summed E-state index contributed by atoms with van der Waals surface area (Å²) in [5.41, 5.74) is 5.92. The van der Waals surface area contributed by atoms with Crippen molar-refractivity contribution in [3.05, 3.63) is 92.9 Å². The zero-order valence-corrected chi connectivity index (χ0v) is 19.0. The molecule has 3 N–H and O–H groups in total. The van der Waals surface area contributed by atoms with E-state index in [0.717, 1.165) is 10.1 Å². The lowest BCUT2D eigenvalue weighted by Gasteiger charge is -2.13. The van der Waals surface area contributed by atoms with Crippen LogP contribution in [0, 0.1) is 0 Å². The first-order valence-corrected chi connectivity index (χ1v) is 10.8. The maximum Gasteiger partial charge on any atom is 0.333 e. The van der Waals surface area contributed by atoms with Crippen LogP contribution in [0.4, 0.5) is 5.69 Å². The summed E-state index contributed by atoms with van der Waals surface area (Å²) in [6, 6.07) is 15.2. The molecule has 0 spiro atoms. The lowest BCUT2D eigenvalue weighted by atomic mass is 10.2. The molecule has 0 aliphatic carbocycles. The zero-order valence-electron chi connectivity index (χ0n) is 19.0. The number of aromatic nitrogens is 4. The fourth-order valence-corrected chi connectivity index (χ4v) is 3.71. The Kier molecular flexibility index (Phi) is 6.88. The van der Waals surface area contributed by atoms with Crippen LogP contribution in [0.15, 0.2) is 70.5 Å². The van der Waals surface area contributed by atoms with Gasteiger partial charge in [0, 0.05) is 24.9 Å². The summed E-state index contributed by atoms with van der Waals surface area (Å²) >= 11 is 0. The first-order chi connectivity index (χ1) is 16.9. The van der Waals surface area contributed by atoms with Gasteiger partial charge in [-0.15, -0.1) is 0 Å². The largest absolute Gasteiger partial charge is 0.383 e. The number of carbonyl (C=O) groups is 2. The summed E-state index contributed by atoms with van der Waals surface area (Å²) in [6.45, 7) is 0.359. The number of primary amides is 1. The van der Waals surface area contributed by atoms with Crippen LogP contribution < -0.4 is 22.3 Å². The summed E-state index contributed by atoms with van der Waals surface area (Å²) in [5.74, 6) is -1.17. The van der Waals surface area contributed by atoms with Crippen molar-refractivity contribution in [2.24, 2.45) is 5.73 Å². The third-order valence-corrected chi connectivity index (χ3v) is 5.46. The number of nitrogens with two attached hydrogens (primary N) is 1. The molecule has 180 valence electrons. The highest BCUT2D eigenvalue weighted by Gasteiger charge is 2.20. The highest BCUT2D eigenvalue weighted by atomic mass is 16.5. The molecule has 0 aliphatic heterocycles. The van der Waals surface area contributed by atoms with Gasteiger partial charge in [-0.1, -0.05) is 30.3 Å². The molecule has 0 unspecified atom stereocenters. The van der Waals surface area contributed by atoms with Crippen molar-refractivity contribution < 1.29 is 14.3 Å². The minimum atomic E-state index is -0.650. The molecule has 2 aromatic heterocycles. The monoisotopic (exact) mass is 476 g/mol. The molecule has 11 heteroatoms. The van der Waals surface area contributed by atoms with Crippen LogP contribution in [0.25, 0.3) is 11.2 Å². The minimum Gasteiger partial charge on any atom is -0.383 e. The number of rotatable bonds is 9. The molecule has 11 nitrogen and oxygen atoms in total. The van der Waals surface area contributed by atoms with Crippen LogP contribution in [0.2, 0.25) is 0 Å². The van der Waals surface area contributed by atoms with Gasteiger partial charge in [0.25, 0.3) is 5.56 Å². The molecule has 4 aromatic rings. The van der Waals surface area contributed by atoms with Gasteiger partial charge in [0.1, 0.15) is 6.54 Å². The van der Waals surface area contributed by atoms with Gasteiger partial charge in [0.2, 0.25) is 11.8 Å². The average Bonchev–Trinajstić information content (AvgIpc) is 3.28. The number of methoxy groups -OCH3 is 1. The molecule has 0 aliphatic rings. The van der Waals surface area contributed by atoms with Crippen molar-refractivity contribution in [2.75, 3.05) is 19.0 Å². The molecule has 0 fully saturated rings. The summed E-state index contributed by atoms with van der Waals surface area (Å²) < 4.78 is 9.00. The van der Waals surface area contributed by atoms with Crippen molar-refractivity contribution >= 4 is 28.7 Å². The molecular weight excluding hydrogens is 452 g/mol. The Labute approximate surface area is 199 Å². The van der Waals surface area contributed by atoms with E-state index in [1.807, 2.05) is 30.3 Å². The van der Waals surface area contributed by atoms with Crippen molar-refractivity contribution in [3.8, 4) is 0 Å². The number of benzene rings is 2. The average molecular weight is 476 g/mol. The number of amides is 2. The van der Waals surface area contributed by atoms with Gasteiger partial charge in [0.15, 0.2) is 11.2 Å². The molecular formula is C24H24N6O5. The predicted molar refractivity (Wildman–Crippen MR) is 129 cm³/mol. The van der Waals surface area contributed by atoms with E-state index in [0.29, 0.717) is 18.8 Å². The number of hydrogen-bond donors (Lipinski definition) is 2. The number of imidazole rings is 1. The van der Waals surface area contributed by atoms with Crippen molar-refractivity contribution in [1.29, 1.82) is 0 Å². The second-order valence-corrected chi connectivity index (χ2v) is 7.84. The molecule has 0 radical (unpaired) electrons. The number of ether oxygens (including phenoxy) is 1. The van der Waals surface area contributed by atoms with Crippen LogP contribution in [0.3, 0.4) is 0 Å². The quantitative estimate of drug-likeness (QED) is 0.366. The van der Waals surface area contributed by atoms with Crippen LogP contribution in [0.1, 0.15) is 15.9 Å². The maximum absolute atomic E-state index is 13.4. The second kappa shape index (κ2) is 10.2. The molecule has 0 bridgehead atoms. The summed E-state index contributed by atoms with van der Waals surface area (Å²) in [7, 11) is 1.54. The Morgan fingerprint density at radius 2 is 1.74 bits per heavy atom. The van der Waals surface area contributed by atoms with Gasteiger partial charge in [-0.3, -0.25) is 19.0 Å². The van der Waals surface area contributed by atoms with Crippen molar-refractivity contribution in [1.82, 2.24) is 18.7 Å². The molecule has 4 rings (SSSR count). The van der Waals surface area contributed by atoms with E-state index in [1.165, 1.54) is 35.2 Å². The Balaban J connectivity index is 1.72.